The Hall–Kier alpha value is -2.05. The topological polar surface area (TPSA) is 89.6 Å². The van der Waals surface area contributed by atoms with Crippen LogP contribution in [-0.2, 0) is 14.8 Å². The van der Waals surface area contributed by atoms with Crippen LogP contribution in [0.5, 0.6) is 0 Å². The van der Waals surface area contributed by atoms with E-state index in [4.69, 9.17) is 5.14 Å². The van der Waals surface area contributed by atoms with Crippen molar-refractivity contribution in [2.75, 3.05) is 0 Å². The van der Waals surface area contributed by atoms with Gasteiger partial charge in [0.2, 0.25) is 10.0 Å². The molecule has 0 spiro atoms. The summed E-state index contributed by atoms with van der Waals surface area (Å²) in [4.78, 5) is 15.2. The summed E-state index contributed by atoms with van der Waals surface area (Å²) in [5.41, 5.74) is 1.21. The summed E-state index contributed by atoms with van der Waals surface area (Å²) in [5, 5.41) is 4.98. The fraction of sp³-hybridized carbons (Fsp3) is 0. The third kappa shape index (κ3) is 2.99. The van der Waals surface area contributed by atoms with Crippen LogP contribution in [0.4, 0.5) is 5.69 Å². The van der Waals surface area contributed by atoms with E-state index >= 15 is 0 Å². The molecule has 0 unspecified atom stereocenters. The van der Waals surface area contributed by atoms with E-state index < -0.39 is 10.0 Å². The third-order valence-corrected chi connectivity index (χ3v) is 3.19. The molecular formula is C12H10N2O3S. The van der Waals surface area contributed by atoms with Crippen molar-refractivity contribution >= 4 is 27.2 Å². The SMILES string of the molecule is NS(=O)(=O)c1ccc(N=C2C=CC(=O)C=C2)cc1. The Morgan fingerprint density at radius 2 is 1.50 bits per heavy atom. The molecule has 2 N–H and O–H groups in total. The standard InChI is InChI=1S/C12H10N2O3S/c13-18(16,17)12-7-3-10(4-8-12)14-9-1-5-11(15)6-2-9/h1-8H,(H2,13,16,17). The second-order valence-electron chi connectivity index (χ2n) is 3.64. The number of allylic oxidation sites excluding steroid dienone is 4. The minimum absolute atomic E-state index is 0.0383. The van der Waals surface area contributed by atoms with Crippen LogP contribution in [0.25, 0.3) is 0 Å². The first kappa shape index (κ1) is 12.4. The lowest BCUT2D eigenvalue weighted by molar-refractivity contribution is -0.110. The molecule has 1 aliphatic rings. The molecule has 0 saturated heterocycles. The summed E-state index contributed by atoms with van der Waals surface area (Å²) in [6, 6.07) is 5.86. The van der Waals surface area contributed by atoms with Gasteiger partial charge in [-0.05, 0) is 48.6 Å². The number of ketones is 1. The van der Waals surface area contributed by atoms with E-state index in [0.29, 0.717) is 11.4 Å². The first-order valence-electron chi connectivity index (χ1n) is 5.07. The maximum Gasteiger partial charge on any atom is 0.238 e. The molecule has 0 saturated carbocycles. The van der Waals surface area contributed by atoms with Crippen LogP contribution >= 0.6 is 0 Å². The van der Waals surface area contributed by atoms with Crippen molar-refractivity contribution in [3.05, 3.63) is 48.6 Å². The van der Waals surface area contributed by atoms with Crippen molar-refractivity contribution in [2.45, 2.75) is 4.90 Å². The highest BCUT2D eigenvalue weighted by Gasteiger charge is 2.06. The van der Waals surface area contributed by atoms with E-state index in [9.17, 15) is 13.2 Å². The van der Waals surface area contributed by atoms with Crippen LogP contribution in [0, 0.1) is 0 Å². The van der Waals surface area contributed by atoms with E-state index in [1.54, 1.807) is 24.3 Å². The molecule has 0 radical (unpaired) electrons. The lowest BCUT2D eigenvalue weighted by Crippen LogP contribution is -2.11. The normalized spacial score (nSPS) is 14.9. The zero-order valence-corrected chi connectivity index (χ0v) is 10.1. The van der Waals surface area contributed by atoms with Crippen molar-refractivity contribution < 1.29 is 13.2 Å². The Kier molecular flexibility index (Phi) is 3.22. The quantitative estimate of drug-likeness (QED) is 0.809. The molecule has 18 heavy (non-hydrogen) atoms. The predicted molar refractivity (Wildman–Crippen MR) is 68.2 cm³/mol. The van der Waals surface area contributed by atoms with Gasteiger partial charge >= 0.3 is 0 Å². The maximum atomic E-state index is 11.1. The van der Waals surface area contributed by atoms with Gasteiger partial charge in [-0.15, -0.1) is 0 Å². The van der Waals surface area contributed by atoms with E-state index in [1.807, 2.05) is 0 Å². The van der Waals surface area contributed by atoms with Gasteiger partial charge in [0.05, 0.1) is 16.3 Å². The monoisotopic (exact) mass is 262 g/mol. The molecule has 0 heterocycles. The molecular weight excluding hydrogens is 252 g/mol. The van der Waals surface area contributed by atoms with Gasteiger partial charge in [0.25, 0.3) is 0 Å². The summed E-state index contributed by atoms with van der Waals surface area (Å²) < 4.78 is 22.1. The smallest absolute Gasteiger partial charge is 0.238 e. The zero-order chi connectivity index (χ0) is 13.2. The maximum absolute atomic E-state index is 11.1. The number of primary sulfonamides is 1. The highest BCUT2D eigenvalue weighted by Crippen LogP contribution is 2.16. The average Bonchev–Trinajstić information content (AvgIpc) is 2.32. The van der Waals surface area contributed by atoms with Crippen LogP contribution in [0.1, 0.15) is 0 Å². The first-order chi connectivity index (χ1) is 8.45. The summed E-state index contributed by atoms with van der Waals surface area (Å²) in [5.74, 6) is -0.0847. The van der Waals surface area contributed by atoms with Crippen molar-refractivity contribution in [1.29, 1.82) is 0 Å². The number of hydrogen-bond acceptors (Lipinski definition) is 4. The van der Waals surface area contributed by atoms with Gasteiger partial charge in [0, 0.05) is 0 Å². The second kappa shape index (κ2) is 4.67. The van der Waals surface area contributed by atoms with E-state index in [1.165, 1.54) is 24.3 Å². The molecule has 1 aliphatic carbocycles. The minimum Gasteiger partial charge on any atom is -0.290 e. The van der Waals surface area contributed by atoms with Crippen molar-refractivity contribution in [1.82, 2.24) is 0 Å². The molecule has 5 nitrogen and oxygen atoms in total. The van der Waals surface area contributed by atoms with Gasteiger partial charge in [-0.1, -0.05) is 0 Å². The van der Waals surface area contributed by atoms with Gasteiger partial charge in [-0.25, -0.2) is 18.5 Å². The molecule has 1 aromatic carbocycles. The number of sulfonamides is 1. The number of aliphatic imine (C=N–C) groups is 1. The molecule has 6 heteroatoms. The Morgan fingerprint density at radius 3 is 2.00 bits per heavy atom. The molecule has 0 amide bonds. The number of carbonyl (C=O) groups is 1. The minimum atomic E-state index is -3.68. The van der Waals surface area contributed by atoms with Gasteiger partial charge in [0.1, 0.15) is 0 Å². The van der Waals surface area contributed by atoms with Crippen LogP contribution in [-0.4, -0.2) is 19.9 Å². The lowest BCUT2D eigenvalue weighted by Gasteiger charge is -2.01. The number of rotatable bonds is 2. The fourth-order valence-electron chi connectivity index (χ4n) is 1.38. The highest BCUT2D eigenvalue weighted by molar-refractivity contribution is 7.89. The zero-order valence-electron chi connectivity index (χ0n) is 9.28. The molecule has 0 bridgehead atoms. The largest absolute Gasteiger partial charge is 0.290 e. The Balaban J connectivity index is 2.27. The first-order valence-corrected chi connectivity index (χ1v) is 6.61. The van der Waals surface area contributed by atoms with Gasteiger partial charge in [-0.2, -0.15) is 0 Å². The van der Waals surface area contributed by atoms with Crippen molar-refractivity contribution in [3.8, 4) is 0 Å². The van der Waals surface area contributed by atoms with Gasteiger partial charge in [-0.3, -0.25) is 4.79 Å². The summed E-state index contributed by atoms with van der Waals surface area (Å²) in [6.45, 7) is 0. The van der Waals surface area contributed by atoms with Crippen LogP contribution in [0.3, 0.4) is 0 Å². The number of nitrogens with two attached hydrogens (primary N) is 1. The Morgan fingerprint density at radius 1 is 0.944 bits per heavy atom. The van der Waals surface area contributed by atoms with Crippen molar-refractivity contribution in [3.63, 3.8) is 0 Å². The number of hydrogen-bond donors (Lipinski definition) is 1. The van der Waals surface area contributed by atoms with E-state index in [0.717, 1.165) is 0 Å². The molecule has 0 fully saturated rings. The molecule has 0 aliphatic heterocycles. The summed E-state index contributed by atoms with van der Waals surface area (Å²) in [6.07, 6.45) is 6.01. The highest BCUT2D eigenvalue weighted by atomic mass is 32.2. The van der Waals surface area contributed by atoms with E-state index in [2.05, 4.69) is 4.99 Å². The fourth-order valence-corrected chi connectivity index (χ4v) is 1.90. The van der Waals surface area contributed by atoms with Crippen LogP contribution in [0.2, 0.25) is 0 Å². The number of carbonyl (C=O) groups excluding carboxylic acids is 1. The molecule has 1 aromatic rings. The molecule has 92 valence electrons. The van der Waals surface area contributed by atoms with Gasteiger partial charge in [0.15, 0.2) is 5.78 Å². The van der Waals surface area contributed by atoms with Crippen LogP contribution < -0.4 is 5.14 Å². The van der Waals surface area contributed by atoms with Crippen LogP contribution in [0.15, 0.2) is 58.5 Å². The van der Waals surface area contributed by atoms with E-state index in [-0.39, 0.29) is 10.7 Å². The average molecular weight is 262 g/mol. The number of nitrogens with zero attached hydrogens (tertiary/aromatic N) is 1. The lowest BCUT2D eigenvalue weighted by atomic mass is 10.1. The van der Waals surface area contributed by atoms with Crippen molar-refractivity contribution in [2.24, 2.45) is 10.1 Å². The predicted octanol–water partition coefficient (Wildman–Crippen LogP) is 1.10. The Labute approximate surface area is 104 Å². The summed E-state index contributed by atoms with van der Waals surface area (Å²) in [7, 11) is -3.68. The summed E-state index contributed by atoms with van der Waals surface area (Å²) >= 11 is 0. The van der Waals surface area contributed by atoms with Gasteiger partial charge < -0.3 is 0 Å². The number of benzene rings is 1. The Bertz CT molecular complexity index is 650. The molecule has 0 aromatic heterocycles. The third-order valence-electron chi connectivity index (χ3n) is 2.26. The second-order valence-corrected chi connectivity index (χ2v) is 5.21. The molecule has 2 rings (SSSR count). The molecule has 0 atom stereocenters.